The van der Waals surface area contributed by atoms with Crippen molar-refractivity contribution in [1.29, 1.82) is 0 Å². The molecule has 1 heterocycles. The lowest BCUT2D eigenvalue weighted by Crippen LogP contribution is -2.36. The van der Waals surface area contributed by atoms with E-state index in [2.05, 4.69) is 53.4 Å². The Morgan fingerprint density at radius 1 is 0.949 bits per heavy atom. The number of allylic oxidation sites excluding steroid dienone is 2. The first-order chi connectivity index (χ1) is 19.0. The number of piperidine rings is 1. The molecule has 0 saturated carbocycles. The van der Waals surface area contributed by atoms with E-state index in [0.717, 1.165) is 41.5 Å². The zero-order chi connectivity index (χ0) is 26.8. The molecule has 1 saturated heterocycles. The maximum atomic E-state index is 13.2. The SMILES string of the molecule is COc1ccc2c(c1)CC1(Cc3ccc(Cl)cc3)C2=CC(=O)CC1c1ccc(OCCN2CCCCC2)cc1. The molecule has 2 aliphatic carbocycles. The Hall–Kier alpha value is -3.08. The van der Waals surface area contributed by atoms with E-state index in [4.69, 9.17) is 21.1 Å². The van der Waals surface area contributed by atoms with Gasteiger partial charge in [0.2, 0.25) is 0 Å². The average molecular weight is 542 g/mol. The number of carbonyl (C=O) groups is 1. The second-order valence-corrected chi connectivity index (χ2v) is 11.7. The molecule has 0 amide bonds. The first-order valence-electron chi connectivity index (χ1n) is 14.2. The lowest BCUT2D eigenvalue weighted by atomic mass is 9.60. The molecule has 0 radical (unpaired) electrons. The number of benzene rings is 3. The van der Waals surface area contributed by atoms with Gasteiger partial charge in [-0.15, -0.1) is 0 Å². The molecule has 202 valence electrons. The first kappa shape index (κ1) is 26.2. The molecule has 6 rings (SSSR count). The van der Waals surface area contributed by atoms with Crippen LogP contribution >= 0.6 is 11.6 Å². The highest BCUT2D eigenvalue weighted by atomic mass is 35.5. The van der Waals surface area contributed by atoms with E-state index in [1.54, 1.807) is 7.11 Å². The number of hydrogen-bond acceptors (Lipinski definition) is 4. The maximum absolute atomic E-state index is 13.2. The van der Waals surface area contributed by atoms with Crippen LogP contribution in [0.25, 0.3) is 5.57 Å². The minimum atomic E-state index is -0.229. The number of ether oxygens (including phenoxy) is 2. The van der Waals surface area contributed by atoms with E-state index in [0.29, 0.717) is 13.0 Å². The summed E-state index contributed by atoms with van der Waals surface area (Å²) in [6.07, 6.45) is 8.02. The molecule has 0 aromatic heterocycles. The Kier molecular flexibility index (Phi) is 7.51. The fourth-order valence-corrected chi connectivity index (χ4v) is 7.04. The number of fused-ring (bicyclic) bond motifs is 3. The summed E-state index contributed by atoms with van der Waals surface area (Å²) in [5, 5.41) is 0.734. The quantitative estimate of drug-likeness (QED) is 0.304. The number of likely N-dealkylation sites (tertiary alicyclic amines) is 1. The maximum Gasteiger partial charge on any atom is 0.156 e. The van der Waals surface area contributed by atoms with Crippen LogP contribution in [0.1, 0.15) is 53.9 Å². The molecule has 2 unspecified atom stereocenters. The van der Waals surface area contributed by atoms with E-state index in [9.17, 15) is 4.79 Å². The smallest absolute Gasteiger partial charge is 0.156 e. The minimum absolute atomic E-state index is 0.0569. The summed E-state index contributed by atoms with van der Waals surface area (Å²) in [5.74, 6) is 1.98. The predicted octanol–water partition coefficient (Wildman–Crippen LogP) is 7.14. The molecule has 2 atom stereocenters. The van der Waals surface area contributed by atoms with Gasteiger partial charge in [0.25, 0.3) is 0 Å². The van der Waals surface area contributed by atoms with Crippen LogP contribution in [0.5, 0.6) is 11.5 Å². The second-order valence-electron chi connectivity index (χ2n) is 11.3. The van der Waals surface area contributed by atoms with Crippen LogP contribution in [0.4, 0.5) is 0 Å². The number of halogens is 1. The fraction of sp³-hybridized carbons (Fsp3) is 0.382. The van der Waals surface area contributed by atoms with Crippen molar-refractivity contribution >= 4 is 23.0 Å². The monoisotopic (exact) mass is 541 g/mol. The third-order valence-corrected chi connectivity index (χ3v) is 9.11. The summed E-state index contributed by atoms with van der Waals surface area (Å²) in [5.41, 5.74) is 5.74. The second kappa shape index (κ2) is 11.2. The van der Waals surface area contributed by atoms with E-state index in [1.807, 2.05) is 24.3 Å². The van der Waals surface area contributed by atoms with E-state index in [-0.39, 0.29) is 17.1 Å². The number of carbonyl (C=O) groups excluding carboxylic acids is 1. The summed E-state index contributed by atoms with van der Waals surface area (Å²) in [7, 11) is 1.70. The Morgan fingerprint density at radius 2 is 1.69 bits per heavy atom. The number of methoxy groups -OCH3 is 1. The number of rotatable bonds is 8. The predicted molar refractivity (Wildman–Crippen MR) is 157 cm³/mol. The molecule has 0 N–H and O–H groups in total. The summed E-state index contributed by atoms with van der Waals surface area (Å²) in [4.78, 5) is 15.7. The topological polar surface area (TPSA) is 38.8 Å². The molecule has 1 aliphatic heterocycles. The molecular formula is C34H36ClNO3. The third kappa shape index (κ3) is 5.37. The van der Waals surface area contributed by atoms with Crippen molar-refractivity contribution in [3.63, 3.8) is 0 Å². The lowest BCUT2D eigenvalue weighted by molar-refractivity contribution is -0.115. The molecule has 39 heavy (non-hydrogen) atoms. The van der Waals surface area contributed by atoms with Gasteiger partial charge < -0.3 is 9.47 Å². The largest absolute Gasteiger partial charge is 0.497 e. The summed E-state index contributed by atoms with van der Waals surface area (Å²) < 4.78 is 11.7. The third-order valence-electron chi connectivity index (χ3n) is 8.86. The van der Waals surface area contributed by atoms with Crippen LogP contribution in [0.2, 0.25) is 5.02 Å². The van der Waals surface area contributed by atoms with Crippen LogP contribution in [-0.4, -0.2) is 44.0 Å². The van der Waals surface area contributed by atoms with Gasteiger partial charge in [0.15, 0.2) is 5.78 Å². The van der Waals surface area contributed by atoms with Crippen LogP contribution in [0, 0.1) is 5.41 Å². The zero-order valence-corrected chi connectivity index (χ0v) is 23.4. The van der Waals surface area contributed by atoms with Gasteiger partial charge in [-0.3, -0.25) is 9.69 Å². The summed E-state index contributed by atoms with van der Waals surface area (Å²) in [6, 6.07) is 22.9. The molecule has 0 spiro atoms. The minimum Gasteiger partial charge on any atom is -0.497 e. The summed E-state index contributed by atoms with van der Waals surface area (Å²) >= 11 is 6.22. The number of hydrogen-bond donors (Lipinski definition) is 0. The Labute approximate surface area is 236 Å². The molecule has 1 fully saturated rings. The molecule has 3 aromatic carbocycles. The van der Waals surface area contributed by atoms with Crippen LogP contribution in [0.3, 0.4) is 0 Å². The van der Waals surface area contributed by atoms with Crippen LogP contribution < -0.4 is 9.47 Å². The van der Waals surface area contributed by atoms with Crippen molar-refractivity contribution < 1.29 is 14.3 Å². The average Bonchev–Trinajstić information content (AvgIpc) is 3.27. The van der Waals surface area contributed by atoms with Gasteiger partial charge in [-0.1, -0.05) is 48.4 Å². The van der Waals surface area contributed by atoms with Crippen LogP contribution in [-0.2, 0) is 17.6 Å². The van der Waals surface area contributed by atoms with Gasteiger partial charge in [0, 0.05) is 29.3 Å². The molecule has 5 heteroatoms. The van der Waals surface area contributed by atoms with Gasteiger partial charge in [0.05, 0.1) is 7.11 Å². The van der Waals surface area contributed by atoms with Crippen LogP contribution in [0.15, 0.2) is 72.8 Å². The van der Waals surface area contributed by atoms with Gasteiger partial charge in [-0.25, -0.2) is 0 Å². The molecule has 3 aliphatic rings. The van der Waals surface area contributed by atoms with E-state index >= 15 is 0 Å². The highest BCUT2D eigenvalue weighted by Gasteiger charge is 2.51. The highest BCUT2D eigenvalue weighted by Crippen LogP contribution is 2.60. The van der Waals surface area contributed by atoms with Gasteiger partial charge in [0.1, 0.15) is 18.1 Å². The molecule has 0 bridgehead atoms. The van der Waals surface area contributed by atoms with Crippen molar-refractivity contribution in [2.45, 2.75) is 44.4 Å². The molecular weight excluding hydrogens is 506 g/mol. The van der Waals surface area contributed by atoms with Crippen molar-refractivity contribution in [1.82, 2.24) is 4.90 Å². The first-order valence-corrected chi connectivity index (χ1v) is 14.5. The van der Waals surface area contributed by atoms with E-state index in [1.165, 1.54) is 54.6 Å². The summed E-state index contributed by atoms with van der Waals surface area (Å²) in [6.45, 7) is 4.03. The number of nitrogens with zero attached hydrogens (tertiary/aromatic N) is 1. The van der Waals surface area contributed by atoms with Gasteiger partial charge in [-0.05, 0) is 109 Å². The highest BCUT2D eigenvalue weighted by molar-refractivity contribution is 6.30. The van der Waals surface area contributed by atoms with Gasteiger partial charge in [-0.2, -0.15) is 0 Å². The Morgan fingerprint density at radius 3 is 2.44 bits per heavy atom. The van der Waals surface area contributed by atoms with Gasteiger partial charge >= 0.3 is 0 Å². The van der Waals surface area contributed by atoms with Crippen molar-refractivity contribution in [3.05, 3.63) is 100 Å². The van der Waals surface area contributed by atoms with Crippen molar-refractivity contribution in [3.8, 4) is 11.5 Å². The normalized spacial score (nSPS) is 22.7. The fourth-order valence-electron chi connectivity index (χ4n) is 6.91. The zero-order valence-electron chi connectivity index (χ0n) is 22.6. The number of ketones is 1. The standard InChI is InChI=1S/C34H36ClNO3/c1-38-30-13-14-31-26(19-30)23-34(22-24-5-9-27(35)10-6-24)32(20-28(37)21-33(31)34)25-7-11-29(12-8-25)39-18-17-36-15-3-2-4-16-36/h5-14,19,21,32H,2-4,15-18,20,22-23H2,1H3. The lowest BCUT2D eigenvalue weighted by Gasteiger charge is -2.42. The molecule has 3 aromatic rings. The van der Waals surface area contributed by atoms with E-state index < -0.39 is 0 Å². The Bertz CT molecular complexity index is 1360. The van der Waals surface area contributed by atoms with Crippen molar-refractivity contribution in [2.24, 2.45) is 5.41 Å². The molecule has 4 nitrogen and oxygen atoms in total. The van der Waals surface area contributed by atoms with Crippen molar-refractivity contribution in [2.75, 3.05) is 33.4 Å². The Balaban J connectivity index is 1.30.